The zero-order valence-corrected chi connectivity index (χ0v) is 33.7. The van der Waals surface area contributed by atoms with Crippen molar-refractivity contribution in [3.05, 3.63) is 237 Å². The van der Waals surface area contributed by atoms with Crippen molar-refractivity contribution >= 4 is 59.3 Å². The molecule has 11 rings (SSSR count). The van der Waals surface area contributed by atoms with Crippen LogP contribution in [0.1, 0.15) is 0 Å². The van der Waals surface area contributed by atoms with Crippen LogP contribution >= 0.6 is 11.3 Å². The number of hydrogen-bond donors (Lipinski definition) is 0. The minimum atomic E-state index is 1.10. The van der Waals surface area contributed by atoms with Crippen molar-refractivity contribution in [3.8, 4) is 55.6 Å². The number of anilines is 3. The van der Waals surface area contributed by atoms with E-state index in [0.29, 0.717) is 0 Å². The molecule has 60 heavy (non-hydrogen) atoms. The Bertz CT molecular complexity index is 3280. The molecule has 0 amide bonds. The molecule has 0 spiro atoms. The molecule has 1 nitrogen and oxygen atoms in total. The predicted octanol–water partition coefficient (Wildman–Crippen LogP) is 17.0. The van der Waals surface area contributed by atoms with Gasteiger partial charge in [0.15, 0.2) is 0 Å². The average molecular weight is 782 g/mol. The van der Waals surface area contributed by atoms with E-state index in [9.17, 15) is 0 Å². The van der Waals surface area contributed by atoms with Gasteiger partial charge in [-0.15, -0.1) is 11.3 Å². The Labute approximate surface area is 354 Å². The first-order valence-electron chi connectivity index (χ1n) is 20.5. The lowest BCUT2D eigenvalue weighted by atomic mass is 9.91. The third-order valence-electron chi connectivity index (χ3n) is 11.7. The zero-order chi connectivity index (χ0) is 39.8. The third-order valence-corrected chi connectivity index (χ3v) is 12.9. The molecule has 0 aliphatic heterocycles. The molecule has 0 saturated carbocycles. The van der Waals surface area contributed by atoms with Gasteiger partial charge in [0.1, 0.15) is 0 Å². The van der Waals surface area contributed by atoms with Gasteiger partial charge in [0.2, 0.25) is 0 Å². The summed E-state index contributed by atoms with van der Waals surface area (Å²) in [6.45, 7) is 0. The van der Waals surface area contributed by atoms with E-state index in [1.165, 1.54) is 86.6 Å². The quantitative estimate of drug-likeness (QED) is 0.148. The largest absolute Gasteiger partial charge is 0.311 e. The van der Waals surface area contributed by atoms with E-state index in [1.807, 2.05) is 11.3 Å². The van der Waals surface area contributed by atoms with Gasteiger partial charge in [-0.1, -0.05) is 188 Å². The zero-order valence-electron chi connectivity index (χ0n) is 32.9. The van der Waals surface area contributed by atoms with E-state index in [4.69, 9.17) is 0 Å². The molecule has 0 unspecified atom stereocenters. The lowest BCUT2D eigenvalue weighted by molar-refractivity contribution is 1.28. The van der Waals surface area contributed by atoms with Crippen LogP contribution in [0, 0.1) is 0 Å². The molecule has 11 aromatic rings. The summed E-state index contributed by atoms with van der Waals surface area (Å²) < 4.78 is 2.65. The van der Waals surface area contributed by atoms with Crippen LogP contribution in [0.15, 0.2) is 237 Å². The number of benzene rings is 10. The second-order valence-electron chi connectivity index (χ2n) is 15.3. The highest BCUT2D eigenvalue weighted by molar-refractivity contribution is 7.26. The standard InChI is InChI=1S/C58H39NS/c1-2-13-40(14-3-1)41-27-33-47(34-28-41)59(49-37-31-44(32-38-49)54-24-12-25-56-55-22-8-9-26-57(55)60-58(54)56)48-35-29-43(30-36-48)51-20-6-7-21-52(51)45-17-10-18-46(39-45)53-23-11-16-42-15-4-5-19-50(42)53/h1-39H. The van der Waals surface area contributed by atoms with Crippen molar-refractivity contribution in [2.75, 3.05) is 4.90 Å². The molecular formula is C58H39NS. The lowest BCUT2D eigenvalue weighted by Crippen LogP contribution is -2.09. The molecule has 1 heterocycles. The van der Waals surface area contributed by atoms with Gasteiger partial charge in [-0.05, 0) is 115 Å². The average Bonchev–Trinajstić information content (AvgIpc) is 3.72. The smallest absolute Gasteiger partial charge is 0.0462 e. The minimum Gasteiger partial charge on any atom is -0.311 e. The Morgan fingerprint density at radius 1 is 0.267 bits per heavy atom. The maximum absolute atomic E-state index is 2.36. The first-order chi connectivity index (χ1) is 29.7. The Balaban J connectivity index is 0.964. The number of rotatable bonds is 8. The van der Waals surface area contributed by atoms with Crippen LogP contribution < -0.4 is 4.90 Å². The fraction of sp³-hybridized carbons (Fsp3) is 0. The molecule has 0 aliphatic carbocycles. The van der Waals surface area contributed by atoms with Crippen LogP contribution in [0.4, 0.5) is 17.1 Å². The van der Waals surface area contributed by atoms with Gasteiger partial charge in [0.05, 0.1) is 0 Å². The van der Waals surface area contributed by atoms with E-state index >= 15 is 0 Å². The highest BCUT2D eigenvalue weighted by atomic mass is 32.1. The van der Waals surface area contributed by atoms with E-state index in [0.717, 1.165) is 17.1 Å². The summed E-state index contributed by atoms with van der Waals surface area (Å²) in [4.78, 5) is 2.36. The topological polar surface area (TPSA) is 3.24 Å². The van der Waals surface area contributed by atoms with Crippen LogP contribution in [0.25, 0.3) is 86.6 Å². The molecule has 0 N–H and O–H groups in total. The van der Waals surface area contributed by atoms with Crippen LogP contribution in [0.5, 0.6) is 0 Å². The van der Waals surface area contributed by atoms with Crippen molar-refractivity contribution in [2.45, 2.75) is 0 Å². The van der Waals surface area contributed by atoms with Gasteiger partial charge in [0.25, 0.3) is 0 Å². The second kappa shape index (κ2) is 15.3. The second-order valence-corrected chi connectivity index (χ2v) is 16.3. The maximum atomic E-state index is 2.36. The van der Waals surface area contributed by atoms with Gasteiger partial charge in [-0.2, -0.15) is 0 Å². The van der Waals surface area contributed by atoms with Crippen molar-refractivity contribution < 1.29 is 0 Å². The third kappa shape index (κ3) is 6.54. The summed E-state index contributed by atoms with van der Waals surface area (Å²) in [5.41, 5.74) is 15.5. The summed E-state index contributed by atoms with van der Waals surface area (Å²) in [6.07, 6.45) is 0. The molecule has 1 aromatic heterocycles. The van der Waals surface area contributed by atoms with Crippen LogP contribution in [0.2, 0.25) is 0 Å². The molecule has 10 aromatic carbocycles. The maximum Gasteiger partial charge on any atom is 0.0462 e. The number of nitrogens with zero attached hydrogens (tertiary/aromatic N) is 1. The Hall–Kier alpha value is -7.52. The predicted molar refractivity (Wildman–Crippen MR) is 259 cm³/mol. The Morgan fingerprint density at radius 3 is 1.42 bits per heavy atom. The molecule has 0 bridgehead atoms. The van der Waals surface area contributed by atoms with E-state index in [1.54, 1.807) is 0 Å². The lowest BCUT2D eigenvalue weighted by Gasteiger charge is -2.26. The minimum absolute atomic E-state index is 1.10. The SMILES string of the molecule is c1ccc(-c2ccc(N(c3ccc(-c4ccccc4-c4cccc(-c5cccc6ccccc56)c4)cc3)c3ccc(-c4cccc5c4sc4ccccc45)cc3)cc2)cc1. The molecule has 2 heteroatoms. The summed E-state index contributed by atoms with van der Waals surface area (Å²) in [7, 11) is 0. The van der Waals surface area contributed by atoms with Gasteiger partial charge < -0.3 is 4.90 Å². The van der Waals surface area contributed by atoms with Crippen molar-refractivity contribution in [3.63, 3.8) is 0 Å². The van der Waals surface area contributed by atoms with Gasteiger partial charge in [-0.3, -0.25) is 0 Å². The fourth-order valence-corrected chi connectivity index (χ4v) is 9.99. The first-order valence-corrected chi connectivity index (χ1v) is 21.3. The van der Waals surface area contributed by atoms with E-state index < -0.39 is 0 Å². The number of hydrogen-bond acceptors (Lipinski definition) is 2. The van der Waals surface area contributed by atoms with E-state index in [-0.39, 0.29) is 0 Å². The summed E-state index contributed by atoms with van der Waals surface area (Å²) in [6, 6.07) is 86.0. The summed E-state index contributed by atoms with van der Waals surface area (Å²) >= 11 is 1.88. The van der Waals surface area contributed by atoms with Crippen LogP contribution in [-0.4, -0.2) is 0 Å². The molecule has 0 saturated heterocycles. The summed E-state index contributed by atoms with van der Waals surface area (Å²) in [5, 5.41) is 5.16. The highest BCUT2D eigenvalue weighted by Gasteiger charge is 2.17. The Morgan fingerprint density at radius 2 is 0.700 bits per heavy atom. The molecule has 0 fully saturated rings. The Kier molecular flexibility index (Phi) is 9.11. The molecule has 282 valence electrons. The first kappa shape index (κ1) is 35.6. The molecule has 0 aliphatic rings. The normalized spacial score (nSPS) is 11.3. The molecule has 0 radical (unpaired) electrons. The fourth-order valence-electron chi connectivity index (χ4n) is 8.75. The number of thiophene rings is 1. The monoisotopic (exact) mass is 781 g/mol. The summed E-state index contributed by atoms with van der Waals surface area (Å²) in [5.74, 6) is 0. The van der Waals surface area contributed by atoms with Crippen molar-refractivity contribution in [1.29, 1.82) is 0 Å². The van der Waals surface area contributed by atoms with Gasteiger partial charge in [0, 0.05) is 37.2 Å². The van der Waals surface area contributed by atoms with Crippen molar-refractivity contribution in [2.24, 2.45) is 0 Å². The van der Waals surface area contributed by atoms with Crippen molar-refractivity contribution in [1.82, 2.24) is 0 Å². The van der Waals surface area contributed by atoms with Gasteiger partial charge in [-0.25, -0.2) is 0 Å². The number of fused-ring (bicyclic) bond motifs is 4. The van der Waals surface area contributed by atoms with E-state index in [2.05, 4.69) is 241 Å². The van der Waals surface area contributed by atoms with Crippen LogP contribution in [0.3, 0.4) is 0 Å². The van der Waals surface area contributed by atoms with Crippen LogP contribution in [-0.2, 0) is 0 Å². The van der Waals surface area contributed by atoms with Gasteiger partial charge >= 0.3 is 0 Å². The molecular weight excluding hydrogens is 743 g/mol. The highest BCUT2D eigenvalue weighted by Crippen LogP contribution is 2.43. The molecule has 0 atom stereocenters.